The average molecular weight is 443 g/mol. The number of aromatic nitrogens is 3. The van der Waals surface area contributed by atoms with E-state index >= 15 is 0 Å². The second kappa shape index (κ2) is 9.91. The number of thioether (sulfide) groups is 1. The van der Waals surface area contributed by atoms with Gasteiger partial charge in [0.15, 0.2) is 22.4 Å². The topological polar surface area (TPSA) is 91.4 Å². The zero-order valence-electron chi connectivity index (χ0n) is 17.7. The van der Waals surface area contributed by atoms with E-state index in [1.165, 1.54) is 31.0 Å². The summed E-state index contributed by atoms with van der Waals surface area (Å²) in [6.45, 7) is 0. The molecule has 1 aliphatic rings. The van der Waals surface area contributed by atoms with Gasteiger partial charge in [-0.2, -0.15) is 0 Å². The third-order valence-corrected chi connectivity index (χ3v) is 6.29. The maximum atomic E-state index is 12.6. The van der Waals surface area contributed by atoms with E-state index in [9.17, 15) is 4.79 Å². The van der Waals surface area contributed by atoms with E-state index in [2.05, 4.69) is 20.1 Å². The van der Waals surface area contributed by atoms with Gasteiger partial charge in [0, 0.05) is 17.8 Å². The van der Waals surface area contributed by atoms with Gasteiger partial charge in [-0.05, 0) is 37.1 Å². The number of nitrogens with one attached hydrogen (secondary N) is 1. The number of benzene rings is 1. The maximum Gasteiger partial charge on any atom is 0.234 e. The normalized spacial score (nSPS) is 14.4. The molecule has 2 heterocycles. The van der Waals surface area contributed by atoms with Gasteiger partial charge in [0.25, 0.3) is 0 Å². The van der Waals surface area contributed by atoms with Crippen LogP contribution in [-0.2, 0) is 4.79 Å². The third kappa shape index (κ3) is 4.87. The molecule has 1 amide bonds. The maximum absolute atomic E-state index is 12.6. The zero-order chi connectivity index (χ0) is 21.6. The summed E-state index contributed by atoms with van der Waals surface area (Å²) in [6, 6.07) is 9.34. The van der Waals surface area contributed by atoms with Gasteiger partial charge in [0.2, 0.25) is 11.7 Å². The molecule has 1 aromatic carbocycles. The number of carbonyl (C=O) groups excluding carboxylic acids is 1. The van der Waals surface area contributed by atoms with E-state index in [0.717, 1.165) is 23.8 Å². The van der Waals surface area contributed by atoms with Crippen LogP contribution >= 0.6 is 11.8 Å². The number of furan rings is 1. The van der Waals surface area contributed by atoms with Gasteiger partial charge in [0.1, 0.15) is 0 Å². The molecule has 4 rings (SSSR count). The van der Waals surface area contributed by atoms with Gasteiger partial charge in [-0.15, -0.1) is 10.2 Å². The number of hydrogen-bond acceptors (Lipinski definition) is 7. The lowest BCUT2D eigenvalue weighted by atomic mass is 9.95. The quantitative estimate of drug-likeness (QED) is 0.501. The SMILES string of the molecule is COc1ccc(NC(=O)CSc2nnc(-c3ccco3)n2C2CCCCC2)cc1OC. The molecule has 2 aromatic heterocycles. The molecule has 8 nitrogen and oxygen atoms in total. The first-order valence-electron chi connectivity index (χ1n) is 10.3. The second-order valence-corrected chi connectivity index (χ2v) is 8.29. The number of amides is 1. The Hall–Kier alpha value is -2.94. The summed E-state index contributed by atoms with van der Waals surface area (Å²) < 4.78 is 18.3. The van der Waals surface area contributed by atoms with Crippen molar-refractivity contribution >= 4 is 23.4 Å². The van der Waals surface area contributed by atoms with Crippen LogP contribution in [-0.4, -0.2) is 40.6 Å². The Kier molecular flexibility index (Phi) is 6.81. The van der Waals surface area contributed by atoms with Crippen LogP contribution < -0.4 is 14.8 Å². The average Bonchev–Trinajstić information content (AvgIpc) is 3.48. The van der Waals surface area contributed by atoms with Crippen LogP contribution in [0.3, 0.4) is 0 Å². The minimum atomic E-state index is -0.130. The Morgan fingerprint density at radius 1 is 1.16 bits per heavy atom. The van der Waals surface area contributed by atoms with Gasteiger partial charge in [0.05, 0.1) is 26.2 Å². The molecule has 0 radical (unpaired) electrons. The predicted molar refractivity (Wildman–Crippen MR) is 119 cm³/mol. The van der Waals surface area contributed by atoms with E-state index in [4.69, 9.17) is 13.9 Å². The molecule has 0 spiro atoms. The number of methoxy groups -OCH3 is 2. The van der Waals surface area contributed by atoms with Crippen LogP contribution in [0.15, 0.2) is 46.2 Å². The summed E-state index contributed by atoms with van der Waals surface area (Å²) in [6.07, 6.45) is 7.42. The molecule has 0 unspecified atom stereocenters. The van der Waals surface area contributed by atoms with Crippen molar-refractivity contribution in [1.82, 2.24) is 14.8 Å². The number of hydrogen-bond donors (Lipinski definition) is 1. The van der Waals surface area contributed by atoms with Crippen LogP contribution in [0.5, 0.6) is 11.5 Å². The highest BCUT2D eigenvalue weighted by Crippen LogP contribution is 2.36. The number of anilines is 1. The third-order valence-electron chi connectivity index (χ3n) is 5.35. The van der Waals surface area contributed by atoms with E-state index in [0.29, 0.717) is 29.0 Å². The molecule has 0 atom stereocenters. The molecule has 1 N–H and O–H groups in total. The predicted octanol–water partition coefficient (Wildman–Crippen LogP) is 4.79. The Morgan fingerprint density at radius 3 is 2.68 bits per heavy atom. The molecular formula is C22H26N4O4S. The Labute approximate surface area is 185 Å². The van der Waals surface area contributed by atoms with Crippen molar-refractivity contribution in [2.45, 2.75) is 43.3 Å². The molecular weight excluding hydrogens is 416 g/mol. The second-order valence-electron chi connectivity index (χ2n) is 7.35. The molecule has 0 aliphatic heterocycles. The fourth-order valence-electron chi connectivity index (χ4n) is 3.86. The van der Waals surface area contributed by atoms with Crippen molar-refractivity contribution in [3.05, 3.63) is 36.6 Å². The summed E-state index contributed by atoms with van der Waals surface area (Å²) in [7, 11) is 3.14. The number of ether oxygens (including phenoxy) is 2. The van der Waals surface area contributed by atoms with E-state index < -0.39 is 0 Å². The summed E-state index contributed by atoms with van der Waals surface area (Å²) >= 11 is 1.38. The molecule has 0 saturated heterocycles. The standard InChI is InChI=1S/C22H26N4O4S/c1-28-17-11-10-15(13-19(17)29-2)23-20(27)14-31-22-25-24-21(18-9-6-12-30-18)26(22)16-7-4-3-5-8-16/h6,9-13,16H,3-5,7-8,14H2,1-2H3,(H,23,27). The Morgan fingerprint density at radius 2 is 1.97 bits per heavy atom. The summed E-state index contributed by atoms with van der Waals surface area (Å²) in [5.41, 5.74) is 0.647. The van der Waals surface area contributed by atoms with Crippen LogP contribution in [0.2, 0.25) is 0 Å². The van der Waals surface area contributed by atoms with Crippen LogP contribution in [0.1, 0.15) is 38.1 Å². The highest BCUT2D eigenvalue weighted by molar-refractivity contribution is 7.99. The van der Waals surface area contributed by atoms with E-state index in [1.807, 2.05) is 12.1 Å². The Bertz CT molecular complexity index is 1010. The monoisotopic (exact) mass is 442 g/mol. The molecule has 31 heavy (non-hydrogen) atoms. The molecule has 164 valence electrons. The van der Waals surface area contributed by atoms with Gasteiger partial charge in [-0.3, -0.25) is 9.36 Å². The van der Waals surface area contributed by atoms with Crippen molar-refractivity contribution < 1.29 is 18.7 Å². The fraction of sp³-hybridized carbons (Fsp3) is 0.409. The first-order chi connectivity index (χ1) is 15.2. The molecule has 9 heteroatoms. The lowest BCUT2D eigenvalue weighted by molar-refractivity contribution is -0.113. The largest absolute Gasteiger partial charge is 0.493 e. The van der Waals surface area contributed by atoms with Crippen molar-refractivity contribution in [2.24, 2.45) is 0 Å². The lowest BCUT2D eigenvalue weighted by Crippen LogP contribution is -2.17. The molecule has 0 bridgehead atoms. The van der Waals surface area contributed by atoms with Crippen LogP contribution in [0.25, 0.3) is 11.6 Å². The van der Waals surface area contributed by atoms with E-state index in [1.54, 1.807) is 38.7 Å². The van der Waals surface area contributed by atoms with Gasteiger partial charge in [-0.25, -0.2) is 0 Å². The molecule has 1 saturated carbocycles. The lowest BCUT2D eigenvalue weighted by Gasteiger charge is -2.25. The van der Waals surface area contributed by atoms with Crippen molar-refractivity contribution in [1.29, 1.82) is 0 Å². The molecule has 1 aliphatic carbocycles. The first kappa shape index (κ1) is 21.3. The zero-order valence-corrected chi connectivity index (χ0v) is 18.5. The van der Waals surface area contributed by atoms with E-state index in [-0.39, 0.29) is 11.7 Å². The number of carbonyl (C=O) groups is 1. The van der Waals surface area contributed by atoms with Crippen LogP contribution in [0, 0.1) is 0 Å². The first-order valence-corrected chi connectivity index (χ1v) is 11.3. The van der Waals surface area contributed by atoms with Crippen LogP contribution in [0.4, 0.5) is 5.69 Å². The molecule has 1 fully saturated rings. The summed E-state index contributed by atoms with van der Waals surface area (Å²) in [5, 5.41) is 12.4. The van der Waals surface area contributed by atoms with Gasteiger partial charge >= 0.3 is 0 Å². The Balaban J connectivity index is 1.47. The number of rotatable bonds is 8. The highest BCUT2D eigenvalue weighted by atomic mass is 32.2. The van der Waals surface area contributed by atoms with Crippen molar-refractivity contribution in [3.63, 3.8) is 0 Å². The smallest absolute Gasteiger partial charge is 0.234 e. The highest BCUT2D eigenvalue weighted by Gasteiger charge is 2.25. The fourth-order valence-corrected chi connectivity index (χ4v) is 4.66. The minimum absolute atomic E-state index is 0.130. The van der Waals surface area contributed by atoms with Gasteiger partial charge in [-0.1, -0.05) is 31.0 Å². The van der Waals surface area contributed by atoms with Crippen molar-refractivity contribution in [3.8, 4) is 23.1 Å². The van der Waals surface area contributed by atoms with Gasteiger partial charge < -0.3 is 19.2 Å². The minimum Gasteiger partial charge on any atom is -0.493 e. The molecule has 3 aromatic rings. The summed E-state index contributed by atoms with van der Waals surface area (Å²) in [4.78, 5) is 12.6. The van der Waals surface area contributed by atoms with Crippen molar-refractivity contribution in [2.75, 3.05) is 25.3 Å². The number of nitrogens with zero attached hydrogens (tertiary/aromatic N) is 3. The summed E-state index contributed by atoms with van der Waals surface area (Å²) in [5.74, 6) is 2.68.